The summed E-state index contributed by atoms with van der Waals surface area (Å²) in [5.41, 5.74) is 4.44. The second kappa shape index (κ2) is 7.03. The van der Waals surface area contributed by atoms with Crippen LogP contribution in [-0.2, 0) is 0 Å². The topological polar surface area (TPSA) is 12.0 Å². The predicted molar refractivity (Wildman–Crippen MR) is 93.2 cm³/mol. The average molecular weight is 415 g/mol. The lowest BCUT2D eigenvalue weighted by molar-refractivity contribution is 0.599. The number of aryl methyl sites for hydroxylation is 2. The van der Waals surface area contributed by atoms with Gasteiger partial charge in [-0.05, 0) is 66.9 Å². The zero-order chi connectivity index (χ0) is 15.6. The minimum Gasteiger partial charge on any atom is -0.306 e. The Balaban J connectivity index is 2.58. The van der Waals surface area contributed by atoms with Gasteiger partial charge in [0.05, 0.1) is 6.04 Å². The Hall–Kier alpha value is -0.710. The van der Waals surface area contributed by atoms with E-state index in [2.05, 4.69) is 70.1 Å². The van der Waals surface area contributed by atoms with E-state index in [0.29, 0.717) is 0 Å². The first kappa shape index (κ1) is 16.7. The Morgan fingerprint density at radius 1 is 1.00 bits per heavy atom. The molecule has 1 unspecified atom stereocenters. The van der Waals surface area contributed by atoms with Crippen molar-refractivity contribution in [2.75, 3.05) is 6.54 Å². The Morgan fingerprint density at radius 3 is 2.38 bits per heavy atom. The van der Waals surface area contributed by atoms with Crippen LogP contribution in [0, 0.1) is 19.7 Å². The van der Waals surface area contributed by atoms with Gasteiger partial charge in [-0.15, -0.1) is 0 Å². The maximum absolute atomic E-state index is 13.7. The molecule has 0 aliphatic rings. The van der Waals surface area contributed by atoms with Gasteiger partial charge in [-0.1, -0.05) is 44.8 Å². The summed E-state index contributed by atoms with van der Waals surface area (Å²) in [6.45, 7) is 7.01. The third-order valence-electron chi connectivity index (χ3n) is 3.54. The molecule has 0 aromatic heterocycles. The van der Waals surface area contributed by atoms with E-state index in [1.165, 1.54) is 22.8 Å². The van der Waals surface area contributed by atoms with Crippen molar-refractivity contribution in [3.63, 3.8) is 0 Å². The van der Waals surface area contributed by atoms with Crippen LogP contribution < -0.4 is 5.32 Å². The minimum atomic E-state index is -0.220. The highest BCUT2D eigenvalue weighted by Crippen LogP contribution is 2.33. The summed E-state index contributed by atoms with van der Waals surface area (Å²) in [5, 5.41) is 3.46. The normalized spacial score (nSPS) is 12.5. The number of hydrogen-bond donors (Lipinski definition) is 1. The highest BCUT2D eigenvalue weighted by molar-refractivity contribution is 9.10. The molecule has 112 valence electrons. The largest absolute Gasteiger partial charge is 0.306 e. The standard InChI is InChI=1S/C17H18Br2FN/c1-4-21-17(14-9-12(20)5-6-15(14)18)13-7-11(3)16(19)8-10(13)2/h5-9,17,21H,4H2,1-3H3. The fraction of sp³-hybridized carbons (Fsp3) is 0.294. The molecule has 0 heterocycles. The first-order chi connectivity index (χ1) is 9.93. The molecule has 0 aliphatic heterocycles. The summed E-state index contributed by atoms with van der Waals surface area (Å²) in [5.74, 6) is -0.220. The summed E-state index contributed by atoms with van der Waals surface area (Å²) >= 11 is 7.10. The van der Waals surface area contributed by atoms with Crippen molar-refractivity contribution >= 4 is 31.9 Å². The highest BCUT2D eigenvalue weighted by atomic mass is 79.9. The van der Waals surface area contributed by atoms with Crippen LogP contribution in [0.15, 0.2) is 39.3 Å². The molecule has 0 radical (unpaired) electrons. The smallest absolute Gasteiger partial charge is 0.123 e. The minimum absolute atomic E-state index is 0.0353. The van der Waals surface area contributed by atoms with Gasteiger partial charge in [0.15, 0.2) is 0 Å². The van der Waals surface area contributed by atoms with Gasteiger partial charge in [-0.25, -0.2) is 4.39 Å². The second-order valence-corrected chi connectivity index (χ2v) is 6.82. The van der Waals surface area contributed by atoms with Crippen LogP contribution in [0.25, 0.3) is 0 Å². The SMILES string of the molecule is CCNC(c1cc(C)c(Br)cc1C)c1cc(F)ccc1Br. The molecule has 2 aromatic carbocycles. The number of benzene rings is 2. The summed E-state index contributed by atoms with van der Waals surface area (Å²) in [6.07, 6.45) is 0. The van der Waals surface area contributed by atoms with Crippen molar-refractivity contribution in [1.82, 2.24) is 5.32 Å². The number of halogens is 3. The van der Waals surface area contributed by atoms with Crippen LogP contribution in [0.5, 0.6) is 0 Å². The van der Waals surface area contributed by atoms with E-state index < -0.39 is 0 Å². The molecule has 0 fully saturated rings. The summed E-state index contributed by atoms with van der Waals surface area (Å²) in [7, 11) is 0. The van der Waals surface area contributed by atoms with Crippen LogP contribution in [0.2, 0.25) is 0 Å². The Labute approximate surface area is 142 Å². The van der Waals surface area contributed by atoms with Gasteiger partial charge in [0.2, 0.25) is 0 Å². The Bertz CT molecular complexity index is 655. The number of nitrogens with one attached hydrogen (secondary N) is 1. The molecule has 2 rings (SSSR count). The van der Waals surface area contributed by atoms with Crippen LogP contribution in [0.4, 0.5) is 4.39 Å². The molecule has 0 saturated carbocycles. The van der Waals surface area contributed by atoms with E-state index in [1.54, 1.807) is 12.1 Å². The van der Waals surface area contributed by atoms with Crippen molar-refractivity contribution in [2.45, 2.75) is 26.8 Å². The Kier molecular flexibility index (Phi) is 5.58. The van der Waals surface area contributed by atoms with E-state index in [-0.39, 0.29) is 11.9 Å². The predicted octanol–water partition coefficient (Wildman–Crippen LogP) is 5.67. The van der Waals surface area contributed by atoms with Crippen molar-refractivity contribution in [2.24, 2.45) is 0 Å². The molecule has 1 nitrogen and oxygen atoms in total. The van der Waals surface area contributed by atoms with E-state index in [1.807, 2.05) is 0 Å². The molecule has 2 aromatic rings. The molecule has 0 saturated heterocycles. The second-order valence-electron chi connectivity index (χ2n) is 5.11. The molecule has 0 amide bonds. The molecule has 0 bridgehead atoms. The quantitative estimate of drug-likeness (QED) is 0.679. The third-order valence-corrected chi connectivity index (χ3v) is 5.11. The van der Waals surface area contributed by atoms with Crippen LogP contribution >= 0.6 is 31.9 Å². The van der Waals surface area contributed by atoms with E-state index in [9.17, 15) is 4.39 Å². The zero-order valence-corrected chi connectivity index (χ0v) is 15.5. The average Bonchev–Trinajstić information content (AvgIpc) is 2.43. The maximum atomic E-state index is 13.7. The molecular formula is C17H18Br2FN. The van der Waals surface area contributed by atoms with Gasteiger partial charge < -0.3 is 5.32 Å². The molecule has 21 heavy (non-hydrogen) atoms. The first-order valence-corrected chi connectivity index (χ1v) is 8.47. The van der Waals surface area contributed by atoms with Crippen molar-refractivity contribution in [3.8, 4) is 0 Å². The van der Waals surface area contributed by atoms with Gasteiger partial charge in [-0.2, -0.15) is 0 Å². The van der Waals surface area contributed by atoms with Crippen molar-refractivity contribution < 1.29 is 4.39 Å². The summed E-state index contributed by atoms with van der Waals surface area (Å²) in [4.78, 5) is 0. The molecule has 0 spiro atoms. The fourth-order valence-electron chi connectivity index (χ4n) is 2.44. The lowest BCUT2D eigenvalue weighted by Crippen LogP contribution is -2.23. The zero-order valence-electron chi connectivity index (χ0n) is 12.3. The van der Waals surface area contributed by atoms with Gasteiger partial charge >= 0.3 is 0 Å². The highest BCUT2D eigenvalue weighted by Gasteiger charge is 2.19. The van der Waals surface area contributed by atoms with Crippen LogP contribution in [-0.4, -0.2) is 6.54 Å². The lowest BCUT2D eigenvalue weighted by Gasteiger charge is -2.23. The van der Waals surface area contributed by atoms with Crippen molar-refractivity contribution in [1.29, 1.82) is 0 Å². The summed E-state index contributed by atoms with van der Waals surface area (Å²) in [6, 6.07) is 9.05. The summed E-state index contributed by atoms with van der Waals surface area (Å²) < 4.78 is 15.7. The fourth-order valence-corrected chi connectivity index (χ4v) is 3.38. The number of rotatable bonds is 4. The van der Waals surface area contributed by atoms with Gasteiger partial charge in [-0.3, -0.25) is 0 Å². The number of hydrogen-bond acceptors (Lipinski definition) is 1. The van der Waals surface area contributed by atoms with Gasteiger partial charge in [0.1, 0.15) is 5.82 Å². The van der Waals surface area contributed by atoms with Crippen LogP contribution in [0.3, 0.4) is 0 Å². The van der Waals surface area contributed by atoms with Gasteiger partial charge in [0.25, 0.3) is 0 Å². The Morgan fingerprint density at radius 2 is 1.71 bits per heavy atom. The molecule has 1 atom stereocenters. The van der Waals surface area contributed by atoms with E-state index >= 15 is 0 Å². The van der Waals surface area contributed by atoms with Crippen LogP contribution in [0.1, 0.15) is 35.2 Å². The van der Waals surface area contributed by atoms with E-state index in [4.69, 9.17) is 0 Å². The third kappa shape index (κ3) is 3.74. The molecular weight excluding hydrogens is 397 g/mol. The van der Waals surface area contributed by atoms with Gasteiger partial charge in [0, 0.05) is 8.95 Å². The maximum Gasteiger partial charge on any atom is 0.123 e. The van der Waals surface area contributed by atoms with E-state index in [0.717, 1.165) is 21.1 Å². The molecule has 4 heteroatoms. The van der Waals surface area contributed by atoms with Crippen molar-refractivity contribution in [3.05, 3.63) is 67.3 Å². The molecule has 0 aliphatic carbocycles. The monoisotopic (exact) mass is 413 g/mol. The molecule has 1 N–H and O–H groups in total. The lowest BCUT2D eigenvalue weighted by atomic mass is 9.93. The first-order valence-electron chi connectivity index (χ1n) is 6.89.